The highest BCUT2D eigenvalue weighted by molar-refractivity contribution is 7.92. The fraction of sp³-hybridized carbons (Fsp3) is 0.579. The number of carbonyl (C=O) groups is 2. The van der Waals surface area contributed by atoms with E-state index in [1.54, 1.807) is 39.0 Å². The number of sulfone groups is 2. The van der Waals surface area contributed by atoms with E-state index in [0.29, 0.717) is 0 Å². The molecule has 0 aliphatic heterocycles. The van der Waals surface area contributed by atoms with Gasteiger partial charge in [-0.1, -0.05) is 52.8 Å². The molecule has 0 N–H and O–H groups in total. The Morgan fingerprint density at radius 2 is 1.33 bits per heavy atom. The molecule has 1 aromatic carbocycles. The molecule has 0 unspecified atom stereocenters. The number of hydrogen-bond donors (Lipinski definition) is 0. The minimum atomic E-state index is -3.79. The van der Waals surface area contributed by atoms with Crippen molar-refractivity contribution in [3.8, 4) is 0 Å². The minimum Gasteiger partial charge on any atom is -0.298 e. The number of rotatable bonds is 9. The molecular formula is C19H28O6S2. The maximum absolute atomic E-state index is 12.5. The van der Waals surface area contributed by atoms with Gasteiger partial charge in [0.15, 0.2) is 31.2 Å². The van der Waals surface area contributed by atoms with Gasteiger partial charge in [0, 0.05) is 10.8 Å². The Morgan fingerprint density at radius 1 is 0.815 bits per heavy atom. The van der Waals surface area contributed by atoms with Gasteiger partial charge in [0.05, 0.1) is 10.6 Å². The normalized spacial score (nSPS) is 13.4. The van der Waals surface area contributed by atoms with E-state index < -0.39 is 53.6 Å². The van der Waals surface area contributed by atoms with Crippen molar-refractivity contribution in [3.05, 3.63) is 30.3 Å². The van der Waals surface area contributed by atoms with Crippen LogP contribution in [-0.2, 0) is 29.3 Å². The monoisotopic (exact) mass is 416 g/mol. The smallest absolute Gasteiger partial charge is 0.185 e. The maximum atomic E-state index is 12.5. The summed E-state index contributed by atoms with van der Waals surface area (Å²) >= 11 is 0. The van der Waals surface area contributed by atoms with Crippen LogP contribution in [0.4, 0.5) is 0 Å². The minimum absolute atomic E-state index is 0.0457. The van der Waals surface area contributed by atoms with Crippen molar-refractivity contribution in [2.45, 2.75) is 45.9 Å². The van der Waals surface area contributed by atoms with Gasteiger partial charge in [-0.3, -0.25) is 9.59 Å². The van der Waals surface area contributed by atoms with E-state index in [2.05, 4.69) is 0 Å². The van der Waals surface area contributed by atoms with Crippen LogP contribution < -0.4 is 0 Å². The zero-order chi connectivity index (χ0) is 21.1. The molecule has 1 rings (SSSR count). The summed E-state index contributed by atoms with van der Waals surface area (Å²) in [6.07, 6.45) is -0.0457. The molecule has 152 valence electrons. The van der Waals surface area contributed by atoms with Crippen molar-refractivity contribution in [1.29, 1.82) is 0 Å². The first kappa shape index (κ1) is 23.5. The van der Waals surface area contributed by atoms with Gasteiger partial charge < -0.3 is 0 Å². The van der Waals surface area contributed by atoms with E-state index in [1.807, 2.05) is 0 Å². The summed E-state index contributed by atoms with van der Waals surface area (Å²) in [6.45, 7) is 7.99. The highest BCUT2D eigenvalue weighted by Crippen LogP contribution is 2.26. The van der Waals surface area contributed by atoms with Crippen LogP contribution in [0.2, 0.25) is 0 Å². The Balaban J connectivity index is 2.80. The van der Waals surface area contributed by atoms with Gasteiger partial charge >= 0.3 is 0 Å². The third-order valence-corrected chi connectivity index (χ3v) is 7.56. The second-order valence-electron chi connectivity index (χ2n) is 8.39. The molecule has 0 bridgehead atoms. The van der Waals surface area contributed by atoms with Crippen molar-refractivity contribution < 1.29 is 26.4 Å². The standard InChI is InChI=1S/C19H28O6S2/c1-18(2,3)16(20)13-26(22,23)12-11-19(4,5)17(21)14-27(24,25)15-9-7-6-8-10-15/h6-10H,11-14H2,1-5H3. The number of hydrogen-bond acceptors (Lipinski definition) is 6. The van der Waals surface area contributed by atoms with Crippen LogP contribution in [0.15, 0.2) is 35.2 Å². The number of Topliss-reactive ketones (excluding diaryl/α,β-unsaturated/α-hetero) is 2. The molecule has 0 radical (unpaired) electrons. The first-order valence-corrected chi connectivity index (χ1v) is 12.1. The lowest BCUT2D eigenvalue weighted by Crippen LogP contribution is -2.34. The summed E-state index contributed by atoms with van der Waals surface area (Å²) in [5.74, 6) is -2.56. The van der Waals surface area contributed by atoms with E-state index in [1.165, 1.54) is 26.0 Å². The average Bonchev–Trinajstić information content (AvgIpc) is 2.52. The average molecular weight is 417 g/mol. The van der Waals surface area contributed by atoms with Gasteiger partial charge in [-0.15, -0.1) is 0 Å². The predicted molar refractivity (Wildman–Crippen MR) is 105 cm³/mol. The van der Waals surface area contributed by atoms with Crippen LogP contribution in [0.1, 0.15) is 41.0 Å². The molecule has 0 fully saturated rings. The third kappa shape index (κ3) is 7.18. The van der Waals surface area contributed by atoms with E-state index in [-0.39, 0.29) is 17.1 Å². The molecule has 0 aliphatic carbocycles. The Labute approximate surface area is 162 Å². The van der Waals surface area contributed by atoms with Gasteiger partial charge in [-0.05, 0) is 18.6 Å². The largest absolute Gasteiger partial charge is 0.298 e. The Hall–Kier alpha value is -1.54. The van der Waals surface area contributed by atoms with E-state index in [0.717, 1.165) is 0 Å². The van der Waals surface area contributed by atoms with Gasteiger partial charge in [0.25, 0.3) is 0 Å². The number of ketones is 2. The molecule has 1 aromatic rings. The lowest BCUT2D eigenvalue weighted by Gasteiger charge is -2.23. The molecule has 0 spiro atoms. The SMILES string of the molecule is CC(C)(C)C(=O)CS(=O)(=O)CCC(C)(C)C(=O)CS(=O)(=O)c1ccccc1. The van der Waals surface area contributed by atoms with E-state index >= 15 is 0 Å². The number of benzene rings is 1. The van der Waals surface area contributed by atoms with E-state index in [9.17, 15) is 26.4 Å². The second kappa shape index (κ2) is 8.22. The molecule has 0 saturated heterocycles. The molecule has 0 amide bonds. The Kier molecular flexibility index (Phi) is 7.16. The van der Waals surface area contributed by atoms with Crippen LogP contribution >= 0.6 is 0 Å². The summed E-state index contributed by atoms with van der Waals surface area (Å²) in [5, 5.41) is 0. The first-order valence-electron chi connectivity index (χ1n) is 8.62. The molecule has 0 aromatic heterocycles. The van der Waals surface area contributed by atoms with Crippen LogP contribution in [0.5, 0.6) is 0 Å². The predicted octanol–water partition coefficient (Wildman–Crippen LogP) is 2.48. The van der Waals surface area contributed by atoms with Crippen molar-refractivity contribution in [1.82, 2.24) is 0 Å². The van der Waals surface area contributed by atoms with Gasteiger partial charge in [0.1, 0.15) is 11.5 Å². The maximum Gasteiger partial charge on any atom is 0.185 e. The van der Waals surface area contributed by atoms with E-state index in [4.69, 9.17) is 0 Å². The Bertz CT molecular complexity index is 889. The van der Waals surface area contributed by atoms with Crippen LogP contribution in [0, 0.1) is 10.8 Å². The fourth-order valence-corrected chi connectivity index (χ4v) is 5.39. The lowest BCUT2D eigenvalue weighted by molar-refractivity contribution is -0.124. The van der Waals surface area contributed by atoms with Crippen molar-refractivity contribution in [2.75, 3.05) is 17.3 Å². The highest BCUT2D eigenvalue weighted by Gasteiger charge is 2.34. The summed E-state index contributed by atoms with van der Waals surface area (Å²) in [7, 11) is -7.47. The first-order chi connectivity index (χ1) is 12.1. The molecule has 0 aliphatic rings. The Morgan fingerprint density at radius 3 is 1.81 bits per heavy atom. The quantitative estimate of drug-likeness (QED) is 0.613. The number of carbonyl (C=O) groups excluding carboxylic acids is 2. The fourth-order valence-electron chi connectivity index (χ4n) is 2.12. The summed E-state index contributed by atoms with van der Waals surface area (Å²) in [5.41, 5.74) is -1.90. The van der Waals surface area contributed by atoms with Crippen molar-refractivity contribution in [3.63, 3.8) is 0 Å². The molecule has 27 heavy (non-hydrogen) atoms. The lowest BCUT2D eigenvalue weighted by atomic mass is 9.86. The second-order valence-corrected chi connectivity index (χ2v) is 12.6. The third-order valence-electron chi connectivity index (χ3n) is 4.40. The zero-order valence-corrected chi connectivity index (χ0v) is 18.1. The van der Waals surface area contributed by atoms with Gasteiger partial charge in [-0.25, -0.2) is 16.8 Å². The molecule has 0 saturated carbocycles. The van der Waals surface area contributed by atoms with Crippen LogP contribution in [0.3, 0.4) is 0 Å². The molecular weight excluding hydrogens is 388 g/mol. The highest BCUT2D eigenvalue weighted by atomic mass is 32.2. The van der Waals surface area contributed by atoms with Crippen molar-refractivity contribution >= 4 is 31.2 Å². The topological polar surface area (TPSA) is 102 Å². The molecule has 0 atom stereocenters. The molecule has 0 heterocycles. The van der Waals surface area contributed by atoms with Crippen LogP contribution in [0.25, 0.3) is 0 Å². The van der Waals surface area contributed by atoms with Crippen molar-refractivity contribution in [2.24, 2.45) is 10.8 Å². The summed E-state index contributed by atoms with van der Waals surface area (Å²) in [6, 6.07) is 7.65. The summed E-state index contributed by atoms with van der Waals surface area (Å²) in [4.78, 5) is 24.5. The molecule has 8 heteroatoms. The van der Waals surface area contributed by atoms with Gasteiger partial charge in [-0.2, -0.15) is 0 Å². The van der Waals surface area contributed by atoms with Gasteiger partial charge in [0.2, 0.25) is 0 Å². The molecule has 6 nitrogen and oxygen atoms in total. The van der Waals surface area contributed by atoms with Crippen LogP contribution in [-0.4, -0.2) is 45.7 Å². The zero-order valence-electron chi connectivity index (χ0n) is 16.5. The summed E-state index contributed by atoms with van der Waals surface area (Å²) < 4.78 is 49.2.